The highest BCUT2D eigenvalue weighted by molar-refractivity contribution is 6.20. The molecule has 21 saturated heterocycles. The lowest BCUT2D eigenvalue weighted by Crippen LogP contribution is -2.63. The van der Waals surface area contributed by atoms with Crippen molar-refractivity contribution in [1.29, 1.82) is 0 Å². The Hall–Kier alpha value is -2.81. The smallest absolute Gasteiger partial charge is 0.308 e. The van der Waals surface area contributed by atoms with Gasteiger partial charge in [-0.15, -0.1) is 11.6 Å². The Morgan fingerprint density at radius 1 is 0.475 bits per heavy atom. The lowest BCUT2D eigenvalue weighted by atomic mass is 9.79. The van der Waals surface area contributed by atoms with Crippen LogP contribution in [0.5, 0.6) is 0 Å². The number of carboxylic acids is 1. The van der Waals surface area contributed by atoms with E-state index >= 15 is 0 Å². The Morgan fingerprint density at radius 2 is 0.933 bits per heavy atom. The summed E-state index contributed by atoms with van der Waals surface area (Å²) in [6.07, 6.45) is 5.63. The second-order valence-corrected chi connectivity index (χ2v) is 40.0. The van der Waals surface area contributed by atoms with Crippen molar-refractivity contribution in [3.63, 3.8) is 0 Å². The van der Waals surface area contributed by atoms with Gasteiger partial charge < -0.3 is 130 Å². The second kappa shape index (κ2) is 35.9. The summed E-state index contributed by atoms with van der Waals surface area (Å²) >= 11 is 6.97. The monoisotopic (exact) mass is 1710 g/mol. The van der Waals surface area contributed by atoms with E-state index in [4.69, 9.17) is 121 Å². The Bertz CT molecular complexity index is 3640. The highest BCUT2D eigenvalue weighted by Crippen LogP contribution is 2.58. The van der Waals surface area contributed by atoms with E-state index in [1.54, 1.807) is 0 Å². The summed E-state index contributed by atoms with van der Waals surface area (Å²) in [5, 5.41) is 50.4. The van der Waals surface area contributed by atoms with E-state index in [1.807, 2.05) is 34.6 Å². The molecule has 9 unspecified atom stereocenters. The van der Waals surface area contributed by atoms with Gasteiger partial charge >= 0.3 is 11.9 Å². The van der Waals surface area contributed by atoms with Crippen LogP contribution < -0.4 is 0 Å². The molecule has 0 spiro atoms. The molecule has 0 aromatic rings. The molecular weight excluding hydrogens is 1580 g/mol. The first-order valence-corrected chi connectivity index (χ1v) is 45.7. The van der Waals surface area contributed by atoms with Crippen LogP contribution in [0.3, 0.4) is 0 Å². The zero-order chi connectivity index (χ0) is 84.5. The third-order valence-corrected chi connectivity index (χ3v) is 30.6. The number of fused-ring (bicyclic) bond motifs is 6. The molecule has 30 heteroatoms. The van der Waals surface area contributed by atoms with Gasteiger partial charge in [-0.25, -0.2) is 0 Å². The fourth-order valence-corrected chi connectivity index (χ4v) is 24.1. The number of aliphatic hydroxyl groups is 4. The molecule has 0 amide bonds. The molecule has 0 radical (unpaired) electrons. The predicted molar refractivity (Wildman–Crippen MR) is 427 cm³/mol. The van der Waals surface area contributed by atoms with E-state index in [1.165, 1.54) is 7.11 Å². The SMILES string of the molecule is C=C1C(C[C@@H]2O[C@H]3C[C@H]4OC(C)(C)OC[C@H]4O[C@H]3[C@H](C)[C@H]2O)O[C@@H](CC[C@@H]2OC(CCC34CC5O[C@H]6[C@@H](O3)[C@H]3O[C@@H](CC(=O)O)CC[C@@H]3O[C@H]6C5O4)CC2=C)C[C@H]1C.C=C1C(C[C@@H]2O[C@H]3C[C@H]4OC(C)(C)OC[C@H]4O[C@H]3[C@H](C)[C@H]2O)O[C@@H](CC[C@H](O)C(=C)C[C@H](Cl)CCC23CC4O[C@H]5[C@@H](O2)[C@H]2O[C@@H](CC(=O)OC)CC[C@@H]2O[C@H]5C4O3)C[C@H]1C.CO. The summed E-state index contributed by atoms with van der Waals surface area (Å²) in [6, 6.07) is 0. The lowest BCUT2D eigenvalue weighted by Gasteiger charge is -2.53. The van der Waals surface area contributed by atoms with E-state index in [0.29, 0.717) is 109 Å². The number of alkyl halides is 1. The van der Waals surface area contributed by atoms with Gasteiger partial charge in [0.2, 0.25) is 0 Å². The van der Waals surface area contributed by atoms with Crippen molar-refractivity contribution in [3.8, 4) is 0 Å². The number of hydrogen-bond acceptors (Lipinski definition) is 28. The number of aliphatic carboxylic acids is 1. The number of carboxylic acid groups (broad SMARTS) is 1. The first-order valence-electron chi connectivity index (χ1n) is 45.3. The normalized spacial score (nSPS) is 49.9. The molecule has 5 N–H and O–H groups in total. The van der Waals surface area contributed by atoms with Gasteiger partial charge in [0.1, 0.15) is 73.2 Å². The number of aliphatic hydroxyl groups excluding tert-OH is 4. The van der Waals surface area contributed by atoms with E-state index < -0.39 is 65.7 Å². The lowest BCUT2D eigenvalue weighted by molar-refractivity contribution is -0.355. The van der Waals surface area contributed by atoms with Crippen molar-refractivity contribution in [2.24, 2.45) is 23.7 Å². The summed E-state index contributed by atoms with van der Waals surface area (Å²) in [5.41, 5.74) is 3.85. The molecule has 21 aliphatic heterocycles. The molecule has 21 aliphatic rings. The number of carbonyl (C=O) groups excluding carboxylic acids is 1. The van der Waals surface area contributed by atoms with Crippen LogP contribution in [0.4, 0.5) is 0 Å². The van der Waals surface area contributed by atoms with Crippen molar-refractivity contribution in [1.82, 2.24) is 0 Å². The average molecular weight is 1720 g/mol. The largest absolute Gasteiger partial charge is 0.481 e. The maximum Gasteiger partial charge on any atom is 0.308 e. The minimum absolute atomic E-state index is 0.00215. The van der Waals surface area contributed by atoms with Gasteiger partial charge in [-0.2, -0.15) is 0 Å². The number of carbonyl (C=O) groups is 2. The third kappa shape index (κ3) is 18.2. The molecule has 21 heterocycles. The number of esters is 1. The maximum atomic E-state index is 12.0. The molecule has 12 bridgehead atoms. The number of methoxy groups -OCH3 is 1. The molecule has 42 atom stereocenters. The molecule has 0 aromatic carbocycles. The Morgan fingerprint density at radius 3 is 1.44 bits per heavy atom. The van der Waals surface area contributed by atoms with Crippen LogP contribution in [0.2, 0.25) is 0 Å². The van der Waals surface area contributed by atoms with Crippen molar-refractivity contribution in [3.05, 3.63) is 48.6 Å². The van der Waals surface area contributed by atoms with Crippen LogP contribution in [0.25, 0.3) is 0 Å². The summed E-state index contributed by atoms with van der Waals surface area (Å²) in [6.45, 7) is 34.6. The van der Waals surface area contributed by atoms with Crippen LogP contribution in [-0.2, 0) is 114 Å². The summed E-state index contributed by atoms with van der Waals surface area (Å²) in [7, 11) is 2.39. The summed E-state index contributed by atoms with van der Waals surface area (Å²) in [5.74, 6) is -3.97. The number of halogens is 1. The average Bonchev–Trinajstić information content (AvgIpc) is 1.55. The summed E-state index contributed by atoms with van der Waals surface area (Å²) in [4.78, 5) is 23.5. The molecule has 0 aromatic heterocycles. The molecule has 29 nitrogen and oxygen atoms in total. The van der Waals surface area contributed by atoms with Crippen LogP contribution in [0, 0.1) is 23.7 Å². The van der Waals surface area contributed by atoms with Crippen molar-refractivity contribution in [2.75, 3.05) is 27.4 Å². The van der Waals surface area contributed by atoms with Gasteiger partial charge in [0.05, 0.1) is 174 Å². The van der Waals surface area contributed by atoms with Crippen molar-refractivity contribution >= 4 is 23.5 Å². The van der Waals surface area contributed by atoms with Gasteiger partial charge in [0, 0.05) is 75.7 Å². The van der Waals surface area contributed by atoms with Crippen molar-refractivity contribution in [2.45, 2.75) is 452 Å². The molecule has 0 aliphatic carbocycles. The molecule has 21 rings (SSSR count). The molecule has 21 fully saturated rings. The zero-order valence-electron chi connectivity index (χ0n) is 71.7. The minimum atomic E-state index is -0.884. The van der Waals surface area contributed by atoms with Gasteiger partial charge in [-0.3, -0.25) is 9.59 Å². The van der Waals surface area contributed by atoms with Gasteiger partial charge in [-0.1, -0.05) is 54.0 Å². The number of hydrogen-bond donors (Lipinski definition) is 5. The molecule has 676 valence electrons. The first kappa shape index (κ1) is 89.2. The van der Waals surface area contributed by atoms with Crippen molar-refractivity contribution < 1.29 is 139 Å². The Labute approximate surface area is 710 Å². The Balaban J connectivity index is 0.000000168. The van der Waals surface area contributed by atoms with Crippen LogP contribution in [-0.4, -0.2) is 307 Å². The molecule has 120 heavy (non-hydrogen) atoms. The third-order valence-electron chi connectivity index (χ3n) is 30.3. The highest BCUT2D eigenvalue weighted by Gasteiger charge is 2.71. The van der Waals surface area contributed by atoms with Crippen LogP contribution >= 0.6 is 11.6 Å². The Kier molecular flexibility index (Phi) is 26.7. The van der Waals surface area contributed by atoms with Crippen LogP contribution in [0.15, 0.2) is 48.6 Å². The minimum Gasteiger partial charge on any atom is -0.481 e. The quantitative estimate of drug-likeness (QED) is 0.0362. The second-order valence-electron chi connectivity index (χ2n) is 39.4. The standard InChI is InChI=1S/C45H67ClO14.C44H64O14.CH4O/c1-21-15-26(52-30(23(21)3)17-32-37(49)24(4)38-33(54-32)18-31-35(57-38)20-51-44(5,6)58-31)8-10-28(47)22(2)14-25(46)12-13-45-19-34-40(59-45)41-42(56-34)43(60-45)39-29(55-41)11-9-27(53-39)16-36(48)50-7;1-20-13-24(50-29(22(20)3)16-31-36(47)23(4)37-32(52-31)17-30-34(55-37)19-48-43(5,6)56-30)7-9-27-21(2)14-26(49-27)11-12-44-18-33-39(57-44)40-41(54-33)42(58-44)38-28(53-40)10-8-25(51-38)15-35(45)46;1-2/h21,24-35,37-43,47,49H,2-3,8-20H2,1,4-7H3;20,23-34,36-42,47H,2-3,7-19H2,1,4-6H3,(H,45,46);2H,1H3/t21-,24-,25-,26+,27-,28+,29+,30?,31-,32+,33+,34?,35-,37-,38+,39+,40?,41+,42-,43+,45?;20-,23-,24+,25-,26?,27+,28+,29?,30-,31+,32+,33?,34-,36-,37+,38+,39?,40+,41-,42+,44?;/m11./s1. The first-order chi connectivity index (χ1) is 57.3. The predicted octanol–water partition coefficient (Wildman–Crippen LogP) is 8.93. The maximum absolute atomic E-state index is 12.0. The fraction of sp³-hybridized carbons (Fsp3) is 0.889. The van der Waals surface area contributed by atoms with E-state index in [0.717, 1.165) is 75.2 Å². The molecular formula is C90H135ClO29. The van der Waals surface area contributed by atoms with E-state index in [9.17, 15) is 30.0 Å². The van der Waals surface area contributed by atoms with Gasteiger partial charge in [0.25, 0.3) is 0 Å². The highest BCUT2D eigenvalue weighted by atomic mass is 35.5. The van der Waals surface area contributed by atoms with Gasteiger partial charge in [0.15, 0.2) is 23.1 Å². The zero-order valence-corrected chi connectivity index (χ0v) is 72.5. The fourth-order valence-electron chi connectivity index (χ4n) is 23.8. The number of rotatable bonds is 23. The topological polar surface area (TPSA) is 338 Å². The van der Waals surface area contributed by atoms with E-state index in [2.05, 4.69) is 47.1 Å². The molecule has 0 saturated carbocycles. The number of ether oxygens (including phenoxy) is 22. The summed E-state index contributed by atoms with van der Waals surface area (Å²) < 4.78 is 141. The van der Waals surface area contributed by atoms with E-state index in [-0.39, 0.29) is 225 Å². The van der Waals surface area contributed by atoms with Crippen LogP contribution in [0.1, 0.15) is 209 Å². The van der Waals surface area contributed by atoms with Gasteiger partial charge in [-0.05, 0) is 152 Å².